The van der Waals surface area contributed by atoms with Crippen LogP contribution in [0.3, 0.4) is 0 Å². The van der Waals surface area contributed by atoms with Crippen LogP contribution in [0, 0.1) is 13.8 Å². The van der Waals surface area contributed by atoms with E-state index in [1.54, 1.807) is 18.2 Å². The fourth-order valence-corrected chi connectivity index (χ4v) is 5.22. The van der Waals surface area contributed by atoms with Crippen LogP contribution >= 0.6 is 22.9 Å². The third-order valence-corrected chi connectivity index (χ3v) is 7.61. The van der Waals surface area contributed by atoms with Crippen LogP contribution in [0.15, 0.2) is 71.6 Å². The predicted octanol–water partition coefficient (Wildman–Crippen LogP) is 5.53. The molecule has 33 heavy (non-hydrogen) atoms. The second-order valence-electron chi connectivity index (χ2n) is 7.22. The van der Waals surface area contributed by atoms with Crippen LogP contribution in [0.25, 0.3) is 10.6 Å². The Morgan fingerprint density at radius 1 is 0.939 bits per heavy atom. The minimum absolute atomic E-state index is 0.0527. The van der Waals surface area contributed by atoms with Crippen molar-refractivity contribution in [2.24, 2.45) is 0 Å². The number of aryl methyl sites for hydroxylation is 1. The van der Waals surface area contributed by atoms with Crippen molar-refractivity contribution in [2.75, 3.05) is 10.0 Å². The molecule has 0 unspecified atom stereocenters. The second-order valence-corrected chi connectivity index (χ2v) is 10.3. The largest absolute Gasteiger partial charge is 0.296 e. The molecule has 0 fully saturated rings. The second kappa shape index (κ2) is 9.30. The van der Waals surface area contributed by atoms with Gasteiger partial charge in [-0.1, -0.05) is 53.3 Å². The molecule has 0 saturated heterocycles. The molecule has 0 aliphatic heterocycles. The lowest BCUT2D eigenvalue weighted by Gasteiger charge is -2.12. The SMILES string of the molecule is Cc1cccc(NS(=O)(=O)c2ccc(C(=O)Nc3nnc(-c4ccccc4Cl)s3)cc2)c1C. The standard InChI is InChI=1S/C23H19ClN4O3S2/c1-14-6-5-9-20(15(14)2)28-33(30,31)17-12-10-16(11-13-17)21(29)25-23-27-26-22(32-23)18-7-3-4-8-19(18)24/h3-13,28H,1-2H3,(H,25,27,29). The van der Waals surface area contributed by atoms with E-state index < -0.39 is 15.9 Å². The Morgan fingerprint density at radius 3 is 2.39 bits per heavy atom. The number of nitrogens with zero attached hydrogens (tertiary/aromatic N) is 2. The number of carbonyl (C=O) groups excluding carboxylic acids is 1. The molecule has 2 N–H and O–H groups in total. The molecule has 1 amide bonds. The lowest BCUT2D eigenvalue weighted by atomic mass is 10.1. The molecule has 168 valence electrons. The van der Waals surface area contributed by atoms with Gasteiger partial charge in [0.2, 0.25) is 5.13 Å². The zero-order valence-corrected chi connectivity index (χ0v) is 20.1. The molecule has 7 nitrogen and oxygen atoms in total. The van der Waals surface area contributed by atoms with Crippen LogP contribution in [0.5, 0.6) is 0 Å². The number of aromatic nitrogens is 2. The van der Waals surface area contributed by atoms with E-state index in [1.807, 2.05) is 38.1 Å². The van der Waals surface area contributed by atoms with Crippen molar-refractivity contribution in [3.8, 4) is 10.6 Å². The van der Waals surface area contributed by atoms with Gasteiger partial charge < -0.3 is 0 Å². The highest BCUT2D eigenvalue weighted by molar-refractivity contribution is 7.92. The molecule has 3 aromatic carbocycles. The number of rotatable bonds is 6. The Hall–Kier alpha value is -3.27. The zero-order valence-electron chi connectivity index (χ0n) is 17.7. The average molecular weight is 499 g/mol. The summed E-state index contributed by atoms with van der Waals surface area (Å²) >= 11 is 7.38. The van der Waals surface area contributed by atoms with Gasteiger partial charge >= 0.3 is 0 Å². The predicted molar refractivity (Wildman–Crippen MR) is 131 cm³/mol. The summed E-state index contributed by atoms with van der Waals surface area (Å²) in [4.78, 5) is 12.7. The molecule has 4 aromatic rings. The summed E-state index contributed by atoms with van der Waals surface area (Å²) in [6.07, 6.45) is 0. The molecule has 1 heterocycles. The summed E-state index contributed by atoms with van der Waals surface area (Å²) in [5.74, 6) is -0.428. The van der Waals surface area contributed by atoms with Crippen molar-refractivity contribution in [2.45, 2.75) is 18.7 Å². The Balaban J connectivity index is 1.47. The highest BCUT2D eigenvalue weighted by atomic mass is 35.5. The van der Waals surface area contributed by atoms with Crippen LogP contribution in [0.1, 0.15) is 21.5 Å². The molecule has 1 aromatic heterocycles. The third kappa shape index (κ3) is 5.05. The lowest BCUT2D eigenvalue weighted by Crippen LogP contribution is -2.15. The number of sulfonamides is 1. The summed E-state index contributed by atoms with van der Waals surface area (Å²) in [6.45, 7) is 3.77. The van der Waals surface area contributed by atoms with Crippen LogP contribution in [0.2, 0.25) is 5.02 Å². The maximum atomic E-state index is 12.8. The summed E-state index contributed by atoms with van der Waals surface area (Å²) < 4.78 is 28.1. The molecule has 10 heteroatoms. The molecule has 0 aliphatic carbocycles. The number of benzene rings is 3. The normalized spacial score (nSPS) is 11.2. The minimum Gasteiger partial charge on any atom is -0.296 e. The molecule has 0 saturated carbocycles. The molecule has 0 atom stereocenters. The first-order chi connectivity index (χ1) is 15.7. The summed E-state index contributed by atoms with van der Waals surface area (Å²) in [5, 5.41) is 12.2. The highest BCUT2D eigenvalue weighted by Gasteiger charge is 2.18. The van der Waals surface area contributed by atoms with Gasteiger partial charge in [0.25, 0.3) is 15.9 Å². The smallest absolute Gasteiger partial charge is 0.261 e. The number of hydrogen-bond donors (Lipinski definition) is 2. The van der Waals surface area contributed by atoms with E-state index in [0.717, 1.165) is 16.7 Å². The van der Waals surface area contributed by atoms with Crippen molar-refractivity contribution in [1.82, 2.24) is 10.2 Å². The van der Waals surface area contributed by atoms with Crippen LogP contribution in [-0.4, -0.2) is 24.5 Å². The topological polar surface area (TPSA) is 101 Å². The first kappa shape index (κ1) is 22.9. The maximum Gasteiger partial charge on any atom is 0.261 e. The maximum absolute atomic E-state index is 12.8. The van der Waals surface area contributed by atoms with Gasteiger partial charge in [-0.15, -0.1) is 10.2 Å². The van der Waals surface area contributed by atoms with Gasteiger partial charge in [0, 0.05) is 11.1 Å². The van der Waals surface area contributed by atoms with Crippen LogP contribution in [0.4, 0.5) is 10.8 Å². The monoisotopic (exact) mass is 498 g/mol. The molecule has 0 bridgehead atoms. The Kier molecular flexibility index (Phi) is 6.46. The zero-order chi connectivity index (χ0) is 23.6. The third-order valence-electron chi connectivity index (χ3n) is 5.03. The Bertz CT molecular complexity index is 1430. The van der Waals surface area contributed by atoms with Gasteiger partial charge in [0.05, 0.1) is 15.6 Å². The molecule has 0 radical (unpaired) electrons. The van der Waals surface area contributed by atoms with Crippen molar-refractivity contribution < 1.29 is 13.2 Å². The van der Waals surface area contributed by atoms with Gasteiger partial charge in [0.15, 0.2) is 5.01 Å². The number of amides is 1. The van der Waals surface area contributed by atoms with Crippen molar-refractivity contribution in [3.05, 3.63) is 88.4 Å². The molecule has 0 aliphatic rings. The Labute approximate surface area is 200 Å². The summed E-state index contributed by atoms with van der Waals surface area (Å²) in [6, 6.07) is 18.3. The molecular formula is C23H19ClN4O3S2. The van der Waals surface area contributed by atoms with Crippen molar-refractivity contribution in [3.63, 3.8) is 0 Å². The van der Waals surface area contributed by atoms with E-state index in [9.17, 15) is 13.2 Å². The minimum atomic E-state index is -3.80. The molecule has 0 spiro atoms. The van der Waals surface area contributed by atoms with E-state index in [1.165, 1.54) is 35.6 Å². The Morgan fingerprint density at radius 2 is 1.67 bits per heavy atom. The van der Waals surface area contributed by atoms with E-state index in [-0.39, 0.29) is 10.5 Å². The number of halogens is 1. The summed E-state index contributed by atoms with van der Waals surface area (Å²) in [5.41, 5.74) is 3.36. The number of hydrogen-bond acceptors (Lipinski definition) is 6. The van der Waals surface area contributed by atoms with Gasteiger partial charge in [-0.3, -0.25) is 14.8 Å². The van der Waals surface area contributed by atoms with Crippen LogP contribution < -0.4 is 10.0 Å². The number of nitrogens with one attached hydrogen (secondary N) is 2. The molecule has 4 rings (SSSR count). The summed E-state index contributed by atoms with van der Waals surface area (Å²) in [7, 11) is -3.80. The first-order valence-electron chi connectivity index (χ1n) is 9.83. The fourth-order valence-electron chi connectivity index (χ4n) is 3.04. The average Bonchev–Trinajstić information content (AvgIpc) is 3.25. The van der Waals surface area contributed by atoms with Gasteiger partial charge in [-0.2, -0.15) is 0 Å². The first-order valence-corrected chi connectivity index (χ1v) is 12.5. The highest BCUT2D eigenvalue weighted by Crippen LogP contribution is 2.31. The van der Waals surface area contributed by atoms with Crippen molar-refractivity contribution in [1.29, 1.82) is 0 Å². The van der Waals surface area contributed by atoms with E-state index >= 15 is 0 Å². The van der Waals surface area contributed by atoms with Crippen molar-refractivity contribution >= 4 is 49.7 Å². The van der Waals surface area contributed by atoms with E-state index in [2.05, 4.69) is 20.2 Å². The quantitative estimate of drug-likeness (QED) is 0.364. The van der Waals surface area contributed by atoms with E-state index in [4.69, 9.17) is 11.6 Å². The number of anilines is 2. The van der Waals surface area contributed by atoms with Gasteiger partial charge in [0.1, 0.15) is 0 Å². The lowest BCUT2D eigenvalue weighted by molar-refractivity contribution is 0.102. The fraction of sp³-hybridized carbons (Fsp3) is 0.0870. The molecular weight excluding hydrogens is 480 g/mol. The van der Waals surface area contributed by atoms with E-state index in [0.29, 0.717) is 20.8 Å². The van der Waals surface area contributed by atoms with Gasteiger partial charge in [-0.25, -0.2) is 8.42 Å². The van der Waals surface area contributed by atoms with Crippen LogP contribution in [-0.2, 0) is 10.0 Å². The van der Waals surface area contributed by atoms with Gasteiger partial charge in [-0.05, 0) is 61.4 Å². The number of carbonyl (C=O) groups is 1.